The standard InChI is InChI=1S/C24H28FN5O/c1-15(2)21(26)24(31)29-12-13-30-20(14-29)28-22(17-6-8-18(25)9-7-17)23(30)27-19-10-4-16(3)5-11-19/h4-11,15,21,27H,12-14,26H2,1-3H3/t21-/m0/s1. The van der Waals surface area contributed by atoms with Crippen LogP contribution in [-0.4, -0.2) is 32.9 Å². The Morgan fingerprint density at radius 1 is 1.10 bits per heavy atom. The normalized spacial score (nSPS) is 14.5. The third-order valence-electron chi connectivity index (χ3n) is 5.72. The average Bonchev–Trinajstić information content (AvgIpc) is 3.12. The highest BCUT2D eigenvalue weighted by Gasteiger charge is 2.30. The van der Waals surface area contributed by atoms with Crippen molar-refractivity contribution in [3.05, 3.63) is 65.7 Å². The minimum Gasteiger partial charge on any atom is -0.340 e. The number of nitrogens with two attached hydrogens (primary N) is 1. The lowest BCUT2D eigenvalue weighted by Crippen LogP contribution is -2.49. The van der Waals surface area contributed by atoms with Crippen LogP contribution in [0.25, 0.3) is 11.3 Å². The highest BCUT2D eigenvalue weighted by molar-refractivity contribution is 5.82. The number of hydrogen-bond acceptors (Lipinski definition) is 4. The maximum absolute atomic E-state index is 13.5. The molecule has 2 heterocycles. The molecule has 4 rings (SSSR count). The van der Waals surface area contributed by atoms with Gasteiger partial charge in [-0.2, -0.15) is 0 Å². The van der Waals surface area contributed by atoms with Crippen molar-refractivity contribution >= 4 is 17.4 Å². The van der Waals surface area contributed by atoms with E-state index in [2.05, 4.69) is 9.88 Å². The number of anilines is 2. The highest BCUT2D eigenvalue weighted by Crippen LogP contribution is 2.33. The van der Waals surface area contributed by atoms with Crippen LogP contribution in [0, 0.1) is 18.7 Å². The van der Waals surface area contributed by atoms with Gasteiger partial charge in [0.05, 0.1) is 12.6 Å². The van der Waals surface area contributed by atoms with Crippen LogP contribution in [0.3, 0.4) is 0 Å². The van der Waals surface area contributed by atoms with Crippen molar-refractivity contribution in [2.24, 2.45) is 11.7 Å². The molecule has 3 N–H and O–H groups in total. The second-order valence-electron chi connectivity index (χ2n) is 8.40. The van der Waals surface area contributed by atoms with E-state index in [1.165, 1.54) is 17.7 Å². The summed E-state index contributed by atoms with van der Waals surface area (Å²) in [5.74, 6) is 1.35. The summed E-state index contributed by atoms with van der Waals surface area (Å²) in [6.07, 6.45) is 0. The van der Waals surface area contributed by atoms with Gasteiger partial charge in [-0.25, -0.2) is 9.37 Å². The van der Waals surface area contributed by atoms with E-state index in [4.69, 9.17) is 10.7 Å². The quantitative estimate of drug-likeness (QED) is 0.651. The molecule has 0 aliphatic carbocycles. The number of nitrogens with zero attached hydrogens (tertiary/aromatic N) is 3. The fourth-order valence-electron chi connectivity index (χ4n) is 3.72. The summed E-state index contributed by atoms with van der Waals surface area (Å²) < 4.78 is 15.6. The van der Waals surface area contributed by atoms with Gasteiger partial charge in [-0.05, 0) is 49.2 Å². The van der Waals surface area contributed by atoms with Gasteiger partial charge in [0.25, 0.3) is 0 Å². The van der Waals surface area contributed by atoms with Crippen molar-refractivity contribution in [3.8, 4) is 11.3 Å². The van der Waals surface area contributed by atoms with Gasteiger partial charge >= 0.3 is 0 Å². The number of rotatable bonds is 5. The van der Waals surface area contributed by atoms with Crippen molar-refractivity contribution in [2.45, 2.75) is 39.9 Å². The lowest BCUT2D eigenvalue weighted by molar-refractivity contribution is -0.135. The van der Waals surface area contributed by atoms with Gasteiger partial charge in [-0.15, -0.1) is 0 Å². The third kappa shape index (κ3) is 4.32. The number of benzene rings is 2. The minimum atomic E-state index is -0.525. The van der Waals surface area contributed by atoms with Crippen LogP contribution in [0.5, 0.6) is 0 Å². The van der Waals surface area contributed by atoms with E-state index in [9.17, 15) is 9.18 Å². The van der Waals surface area contributed by atoms with E-state index in [0.717, 1.165) is 28.6 Å². The Morgan fingerprint density at radius 2 is 1.77 bits per heavy atom. The molecular formula is C24H28FN5O. The fraction of sp³-hybridized carbons (Fsp3) is 0.333. The first kappa shape index (κ1) is 21.1. The first-order valence-corrected chi connectivity index (χ1v) is 10.6. The number of aromatic nitrogens is 2. The number of amides is 1. The second-order valence-corrected chi connectivity index (χ2v) is 8.40. The molecule has 0 spiro atoms. The first-order chi connectivity index (χ1) is 14.8. The Hall–Kier alpha value is -3.19. The number of carbonyl (C=O) groups is 1. The Morgan fingerprint density at radius 3 is 2.42 bits per heavy atom. The average molecular weight is 422 g/mol. The molecule has 2 aromatic carbocycles. The molecule has 1 amide bonds. The third-order valence-corrected chi connectivity index (χ3v) is 5.72. The van der Waals surface area contributed by atoms with E-state index in [1.807, 2.05) is 45.0 Å². The maximum atomic E-state index is 13.5. The summed E-state index contributed by atoms with van der Waals surface area (Å²) in [5, 5.41) is 3.48. The molecule has 0 unspecified atom stereocenters. The van der Waals surface area contributed by atoms with Gasteiger partial charge in [0.2, 0.25) is 5.91 Å². The van der Waals surface area contributed by atoms with Gasteiger partial charge < -0.3 is 20.5 Å². The number of nitrogens with one attached hydrogen (secondary N) is 1. The number of imidazole rings is 1. The summed E-state index contributed by atoms with van der Waals surface area (Å²) in [6.45, 7) is 7.50. The van der Waals surface area contributed by atoms with E-state index in [0.29, 0.717) is 19.6 Å². The second kappa shape index (κ2) is 8.51. The van der Waals surface area contributed by atoms with Crippen LogP contribution in [0.2, 0.25) is 0 Å². The maximum Gasteiger partial charge on any atom is 0.240 e. The Labute approximate surface area is 181 Å². The summed E-state index contributed by atoms with van der Waals surface area (Å²) in [5.41, 5.74) is 9.77. The number of halogens is 1. The van der Waals surface area contributed by atoms with Gasteiger partial charge in [0.15, 0.2) is 0 Å². The van der Waals surface area contributed by atoms with E-state index in [-0.39, 0.29) is 17.6 Å². The molecule has 1 atom stereocenters. The van der Waals surface area contributed by atoms with Crippen molar-refractivity contribution in [2.75, 3.05) is 11.9 Å². The van der Waals surface area contributed by atoms with E-state index in [1.54, 1.807) is 17.0 Å². The van der Waals surface area contributed by atoms with Crippen LogP contribution < -0.4 is 11.1 Å². The highest BCUT2D eigenvalue weighted by atomic mass is 19.1. The molecule has 1 aliphatic heterocycles. The Bertz CT molecular complexity index is 1070. The van der Waals surface area contributed by atoms with Crippen molar-refractivity contribution < 1.29 is 9.18 Å². The van der Waals surface area contributed by atoms with E-state index < -0.39 is 6.04 Å². The molecular weight excluding hydrogens is 393 g/mol. The van der Waals surface area contributed by atoms with Crippen molar-refractivity contribution in [1.82, 2.24) is 14.5 Å². The summed E-state index contributed by atoms with van der Waals surface area (Å²) in [7, 11) is 0. The zero-order valence-electron chi connectivity index (χ0n) is 18.1. The number of hydrogen-bond donors (Lipinski definition) is 2. The van der Waals surface area contributed by atoms with Gasteiger partial charge in [0, 0.05) is 24.3 Å². The van der Waals surface area contributed by atoms with Crippen LogP contribution >= 0.6 is 0 Å². The molecule has 31 heavy (non-hydrogen) atoms. The lowest BCUT2D eigenvalue weighted by atomic mass is 10.0. The topological polar surface area (TPSA) is 76.2 Å². The molecule has 7 heteroatoms. The molecule has 162 valence electrons. The smallest absolute Gasteiger partial charge is 0.240 e. The molecule has 6 nitrogen and oxygen atoms in total. The lowest BCUT2D eigenvalue weighted by Gasteiger charge is -2.31. The zero-order chi connectivity index (χ0) is 22.1. The molecule has 0 radical (unpaired) electrons. The van der Waals surface area contributed by atoms with Crippen molar-refractivity contribution in [1.29, 1.82) is 0 Å². The summed E-state index contributed by atoms with van der Waals surface area (Å²) >= 11 is 0. The SMILES string of the molecule is Cc1ccc(Nc2c(-c3ccc(F)cc3)nc3n2CCN(C(=O)[C@@H](N)C(C)C)C3)cc1. The monoisotopic (exact) mass is 421 g/mol. The first-order valence-electron chi connectivity index (χ1n) is 10.6. The minimum absolute atomic E-state index is 0.0550. The van der Waals surface area contributed by atoms with Crippen LogP contribution in [-0.2, 0) is 17.9 Å². The predicted octanol–water partition coefficient (Wildman–Crippen LogP) is 4.07. The Kier molecular flexibility index (Phi) is 5.78. The Balaban J connectivity index is 1.71. The number of aryl methyl sites for hydroxylation is 1. The van der Waals surface area contributed by atoms with Crippen LogP contribution in [0.15, 0.2) is 48.5 Å². The molecule has 0 saturated carbocycles. The van der Waals surface area contributed by atoms with Gasteiger partial charge in [-0.1, -0.05) is 31.5 Å². The predicted molar refractivity (Wildman–Crippen MR) is 120 cm³/mol. The molecule has 0 bridgehead atoms. The van der Waals surface area contributed by atoms with Gasteiger partial charge in [-0.3, -0.25) is 4.79 Å². The fourth-order valence-corrected chi connectivity index (χ4v) is 3.72. The molecule has 1 aliphatic rings. The summed E-state index contributed by atoms with van der Waals surface area (Å²) in [6, 6.07) is 13.9. The zero-order valence-corrected chi connectivity index (χ0v) is 18.1. The summed E-state index contributed by atoms with van der Waals surface area (Å²) in [4.78, 5) is 19.4. The van der Waals surface area contributed by atoms with Gasteiger partial charge in [0.1, 0.15) is 23.2 Å². The number of fused-ring (bicyclic) bond motifs is 1. The molecule has 3 aromatic rings. The van der Waals surface area contributed by atoms with Crippen molar-refractivity contribution in [3.63, 3.8) is 0 Å². The van der Waals surface area contributed by atoms with Crippen LogP contribution in [0.4, 0.5) is 15.9 Å². The molecule has 1 aromatic heterocycles. The number of carbonyl (C=O) groups excluding carboxylic acids is 1. The van der Waals surface area contributed by atoms with Crippen LogP contribution in [0.1, 0.15) is 25.2 Å². The van der Waals surface area contributed by atoms with E-state index >= 15 is 0 Å². The largest absolute Gasteiger partial charge is 0.340 e. The molecule has 0 fully saturated rings. The molecule has 0 saturated heterocycles.